The van der Waals surface area contributed by atoms with E-state index >= 15 is 0 Å². The molecule has 1 aliphatic heterocycles. The Morgan fingerprint density at radius 1 is 1.19 bits per heavy atom. The molecule has 0 aromatic heterocycles. The highest BCUT2D eigenvalue weighted by atomic mass is 16.5. The van der Waals surface area contributed by atoms with Gasteiger partial charge in [0.25, 0.3) is 0 Å². The number of likely N-dealkylation sites (N-methyl/N-ethyl adjacent to an activating group) is 1. The standard InChI is InChI=1S/C20H23NO5/c1-21(2)8-9-25-19-10-13(4-7-17(19)24-3)16-12-20(23)26-18-11-14(22)5-6-15(16)18/h4-7,10-11,16,22H,8-9,12H2,1-3H3. The number of nitrogens with zero attached hydrogens (tertiary/aromatic N) is 1. The molecule has 1 aliphatic rings. The van der Waals surface area contributed by atoms with Crippen LogP contribution < -0.4 is 14.2 Å². The topological polar surface area (TPSA) is 68.2 Å². The summed E-state index contributed by atoms with van der Waals surface area (Å²) < 4.78 is 16.5. The Kier molecular flexibility index (Phi) is 5.32. The zero-order valence-electron chi connectivity index (χ0n) is 15.2. The van der Waals surface area contributed by atoms with Gasteiger partial charge in [-0.2, -0.15) is 0 Å². The van der Waals surface area contributed by atoms with Crippen LogP contribution in [0.25, 0.3) is 0 Å². The van der Waals surface area contributed by atoms with Crippen molar-refractivity contribution in [3.63, 3.8) is 0 Å². The van der Waals surface area contributed by atoms with Crippen molar-refractivity contribution in [3.8, 4) is 23.0 Å². The molecule has 0 saturated carbocycles. The Hall–Kier alpha value is -2.73. The van der Waals surface area contributed by atoms with Gasteiger partial charge in [0.05, 0.1) is 13.5 Å². The Labute approximate surface area is 152 Å². The first-order valence-electron chi connectivity index (χ1n) is 8.47. The maximum atomic E-state index is 12.0. The van der Waals surface area contributed by atoms with Crippen molar-refractivity contribution in [1.82, 2.24) is 4.90 Å². The molecule has 0 bridgehead atoms. The van der Waals surface area contributed by atoms with Gasteiger partial charge in [0.15, 0.2) is 11.5 Å². The molecule has 6 heteroatoms. The van der Waals surface area contributed by atoms with Crippen LogP contribution in [0.4, 0.5) is 0 Å². The normalized spacial score (nSPS) is 16.2. The number of hydrogen-bond donors (Lipinski definition) is 1. The number of hydrogen-bond acceptors (Lipinski definition) is 6. The molecule has 2 aromatic rings. The van der Waals surface area contributed by atoms with Crippen molar-refractivity contribution in [3.05, 3.63) is 47.5 Å². The van der Waals surface area contributed by atoms with Crippen LogP contribution in [0.3, 0.4) is 0 Å². The highest BCUT2D eigenvalue weighted by Crippen LogP contribution is 2.42. The second-order valence-corrected chi connectivity index (χ2v) is 6.51. The molecule has 1 heterocycles. The number of benzene rings is 2. The van der Waals surface area contributed by atoms with Gasteiger partial charge in [-0.1, -0.05) is 12.1 Å². The molecule has 0 fully saturated rings. The third-order valence-electron chi connectivity index (χ3n) is 4.35. The van der Waals surface area contributed by atoms with Gasteiger partial charge >= 0.3 is 5.97 Å². The largest absolute Gasteiger partial charge is 0.508 e. The maximum absolute atomic E-state index is 12.0. The van der Waals surface area contributed by atoms with E-state index < -0.39 is 0 Å². The van der Waals surface area contributed by atoms with Crippen LogP contribution in [0, 0.1) is 0 Å². The Bertz CT molecular complexity index is 803. The van der Waals surface area contributed by atoms with Gasteiger partial charge < -0.3 is 24.2 Å². The van der Waals surface area contributed by atoms with E-state index in [-0.39, 0.29) is 24.1 Å². The number of fused-ring (bicyclic) bond motifs is 1. The molecule has 26 heavy (non-hydrogen) atoms. The summed E-state index contributed by atoms with van der Waals surface area (Å²) in [6.45, 7) is 1.31. The predicted molar refractivity (Wildman–Crippen MR) is 97.2 cm³/mol. The number of phenols is 1. The van der Waals surface area contributed by atoms with Crippen LogP contribution >= 0.6 is 0 Å². The highest BCUT2D eigenvalue weighted by molar-refractivity contribution is 5.78. The molecule has 3 rings (SSSR count). The predicted octanol–water partition coefficient (Wildman–Crippen LogP) is 2.78. The second kappa shape index (κ2) is 7.66. The van der Waals surface area contributed by atoms with Crippen molar-refractivity contribution in [2.45, 2.75) is 12.3 Å². The van der Waals surface area contributed by atoms with Gasteiger partial charge in [0, 0.05) is 24.1 Å². The third-order valence-corrected chi connectivity index (χ3v) is 4.35. The smallest absolute Gasteiger partial charge is 0.312 e. The van der Waals surface area contributed by atoms with E-state index in [0.29, 0.717) is 23.9 Å². The molecule has 0 spiro atoms. The molecule has 2 aromatic carbocycles. The molecular formula is C20H23NO5. The monoisotopic (exact) mass is 357 g/mol. The van der Waals surface area contributed by atoms with E-state index in [9.17, 15) is 9.90 Å². The van der Waals surface area contributed by atoms with Gasteiger partial charge in [-0.15, -0.1) is 0 Å². The fraction of sp³-hybridized carbons (Fsp3) is 0.350. The summed E-state index contributed by atoms with van der Waals surface area (Å²) in [5.41, 5.74) is 1.81. The van der Waals surface area contributed by atoms with Gasteiger partial charge in [0.1, 0.15) is 18.1 Å². The minimum atomic E-state index is -0.320. The highest BCUT2D eigenvalue weighted by Gasteiger charge is 2.29. The lowest BCUT2D eigenvalue weighted by Crippen LogP contribution is -2.21. The van der Waals surface area contributed by atoms with Crippen LogP contribution in [0.15, 0.2) is 36.4 Å². The van der Waals surface area contributed by atoms with Crippen LogP contribution in [-0.2, 0) is 4.79 Å². The molecule has 0 radical (unpaired) electrons. The summed E-state index contributed by atoms with van der Waals surface area (Å²) in [7, 11) is 5.57. The number of esters is 1. The van der Waals surface area contributed by atoms with E-state index in [1.807, 2.05) is 37.2 Å². The number of ether oxygens (including phenoxy) is 3. The van der Waals surface area contributed by atoms with Gasteiger partial charge in [-0.05, 0) is 37.9 Å². The lowest BCUT2D eigenvalue weighted by atomic mass is 9.86. The summed E-state index contributed by atoms with van der Waals surface area (Å²) in [6.07, 6.45) is 0.237. The molecule has 0 saturated heterocycles. The molecule has 6 nitrogen and oxygen atoms in total. The van der Waals surface area contributed by atoms with Crippen molar-refractivity contribution in [1.29, 1.82) is 0 Å². The Morgan fingerprint density at radius 3 is 2.73 bits per heavy atom. The minimum absolute atomic E-state index is 0.0691. The summed E-state index contributed by atoms with van der Waals surface area (Å²) in [5.74, 6) is 1.28. The Balaban J connectivity index is 1.93. The third kappa shape index (κ3) is 3.91. The number of carbonyl (C=O) groups is 1. The molecule has 1 atom stereocenters. The number of aromatic hydroxyl groups is 1. The fourth-order valence-corrected chi connectivity index (χ4v) is 3.00. The average Bonchev–Trinajstić information content (AvgIpc) is 2.60. The molecule has 0 amide bonds. The summed E-state index contributed by atoms with van der Waals surface area (Å²) in [4.78, 5) is 14.0. The summed E-state index contributed by atoms with van der Waals surface area (Å²) >= 11 is 0. The summed E-state index contributed by atoms with van der Waals surface area (Å²) in [6, 6.07) is 10.5. The Morgan fingerprint density at radius 2 is 2.00 bits per heavy atom. The number of carbonyl (C=O) groups excluding carboxylic acids is 1. The lowest BCUT2D eigenvalue weighted by Gasteiger charge is -2.25. The lowest BCUT2D eigenvalue weighted by molar-refractivity contribution is -0.135. The van der Waals surface area contributed by atoms with Crippen molar-refractivity contribution in [2.75, 3.05) is 34.4 Å². The average molecular weight is 357 g/mol. The van der Waals surface area contributed by atoms with E-state index in [4.69, 9.17) is 14.2 Å². The second-order valence-electron chi connectivity index (χ2n) is 6.51. The number of phenolic OH excluding ortho intramolecular Hbond substituents is 1. The summed E-state index contributed by atoms with van der Waals surface area (Å²) in [5, 5.41) is 9.65. The van der Waals surface area contributed by atoms with Crippen LogP contribution in [0.1, 0.15) is 23.5 Å². The first-order valence-corrected chi connectivity index (χ1v) is 8.47. The van der Waals surface area contributed by atoms with Crippen molar-refractivity contribution < 1.29 is 24.1 Å². The van der Waals surface area contributed by atoms with Gasteiger partial charge in [0.2, 0.25) is 0 Å². The number of methoxy groups -OCH3 is 1. The zero-order chi connectivity index (χ0) is 18.7. The van der Waals surface area contributed by atoms with Crippen molar-refractivity contribution in [2.24, 2.45) is 0 Å². The van der Waals surface area contributed by atoms with E-state index in [2.05, 4.69) is 0 Å². The molecular weight excluding hydrogens is 334 g/mol. The maximum Gasteiger partial charge on any atom is 0.312 e. The van der Waals surface area contributed by atoms with Gasteiger partial charge in [-0.25, -0.2) is 0 Å². The first-order chi connectivity index (χ1) is 12.5. The van der Waals surface area contributed by atoms with Crippen LogP contribution in [-0.4, -0.2) is 50.3 Å². The van der Waals surface area contributed by atoms with Crippen LogP contribution in [0.2, 0.25) is 0 Å². The quantitative estimate of drug-likeness (QED) is 0.633. The van der Waals surface area contributed by atoms with E-state index in [1.165, 1.54) is 6.07 Å². The zero-order valence-corrected chi connectivity index (χ0v) is 15.2. The van der Waals surface area contributed by atoms with E-state index in [0.717, 1.165) is 17.7 Å². The van der Waals surface area contributed by atoms with Crippen molar-refractivity contribution >= 4 is 5.97 Å². The first kappa shape index (κ1) is 18.1. The molecule has 0 aliphatic carbocycles. The van der Waals surface area contributed by atoms with Crippen LogP contribution in [0.5, 0.6) is 23.0 Å². The number of rotatable bonds is 6. The van der Waals surface area contributed by atoms with E-state index in [1.54, 1.807) is 19.2 Å². The molecule has 138 valence electrons. The molecule has 1 unspecified atom stereocenters. The molecule has 1 N–H and O–H groups in total. The SMILES string of the molecule is COc1ccc(C2CC(=O)Oc3cc(O)ccc32)cc1OCCN(C)C. The van der Waals surface area contributed by atoms with Gasteiger partial charge in [-0.3, -0.25) is 4.79 Å². The minimum Gasteiger partial charge on any atom is -0.508 e. The fourth-order valence-electron chi connectivity index (χ4n) is 3.00.